The van der Waals surface area contributed by atoms with Crippen LogP contribution in [0.25, 0.3) is 11.3 Å². The van der Waals surface area contributed by atoms with E-state index in [0.717, 1.165) is 0 Å². The quantitative estimate of drug-likeness (QED) is 0.830. The van der Waals surface area contributed by atoms with Gasteiger partial charge in [-0.3, -0.25) is 4.79 Å². The number of benzene rings is 1. The summed E-state index contributed by atoms with van der Waals surface area (Å²) in [5, 5.41) is 3.73. The van der Waals surface area contributed by atoms with Gasteiger partial charge < -0.3 is 15.2 Å². The molecular formula is C12H10FN3O2. The Bertz CT molecular complexity index is 651. The number of rotatable bonds is 1. The van der Waals surface area contributed by atoms with Crippen LogP contribution in [0.4, 0.5) is 16.0 Å². The van der Waals surface area contributed by atoms with Crippen LogP contribution < -0.4 is 10.6 Å². The Labute approximate surface area is 102 Å². The van der Waals surface area contributed by atoms with Gasteiger partial charge in [-0.15, -0.1) is 0 Å². The Morgan fingerprint density at radius 3 is 2.89 bits per heavy atom. The van der Waals surface area contributed by atoms with E-state index in [9.17, 15) is 9.18 Å². The zero-order valence-corrected chi connectivity index (χ0v) is 9.61. The molecule has 0 bridgehead atoms. The van der Waals surface area contributed by atoms with E-state index in [0.29, 0.717) is 22.5 Å². The maximum atomic E-state index is 14.0. The summed E-state index contributed by atoms with van der Waals surface area (Å²) in [7, 11) is 1.56. The predicted octanol–water partition coefficient (Wildman–Crippen LogP) is 1.58. The number of hydrogen-bond donors (Lipinski definition) is 1. The molecule has 0 fully saturated rings. The number of nitrogens with zero attached hydrogens (tertiary/aromatic N) is 2. The molecule has 3 rings (SSSR count). The molecule has 92 valence electrons. The molecule has 0 saturated heterocycles. The van der Waals surface area contributed by atoms with Crippen molar-refractivity contribution in [3.05, 3.63) is 29.6 Å². The van der Waals surface area contributed by atoms with Crippen LogP contribution >= 0.6 is 0 Å². The van der Waals surface area contributed by atoms with Gasteiger partial charge in [0.15, 0.2) is 0 Å². The van der Waals surface area contributed by atoms with Gasteiger partial charge in [0.25, 0.3) is 0 Å². The number of carbonyl (C=O) groups excluding carboxylic acids is 1. The predicted molar refractivity (Wildman–Crippen MR) is 63.4 cm³/mol. The SMILES string of the molecule is CN1C(=O)Cc2cc(-c3cc(N)on3)cc(F)c21. The lowest BCUT2D eigenvalue weighted by Crippen LogP contribution is -2.21. The zero-order chi connectivity index (χ0) is 12.9. The first-order valence-electron chi connectivity index (χ1n) is 5.38. The summed E-state index contributed by atoms with van der Waals surface area (Å²) in [4.78, 5) is 12.9. The minimum Gasteiger partial charge on any atom is -0.368 e. The van der Waals surface area contributed by atoms with Crippen LogP contribution in [0.1, 0.15) is 5.56 Å². The van der Waals surface area contributed by atoms with E-state index in [1.165, 1.54) is 17.0 Å². The summed E-state index contributed by atoms with van der Waals surface area (Å²) in [5.74, 6) is -0.405. The molecule has 0 radical (unpaired) electrons. The molecule has 1 aliphatic rings. The fourth-order valence-corrected chi connectivity index (χ4v) is 2.15. The van der Waals surface area contributed by atoms with E-state index in [2.05, 4.69) is 5.16 Å². The topological polar surface area (TPSA) is 72.4 Å². The van der Waals surface area contributed by atoms with Gasteiger partial charge in [-0.25, -0.2) is 4.39 Å². The van der Waals surface area contributed by atoms with Crippen LogP contribution in [0.2, 0.25) is 0 Å². The molecule has 2 aromatic rings. The zero-order valence-electron chi connectivity index (χ0n) is 9.61. The van der Waals surface area contributed by atoms with Crippen molar-refractivity contribution in [3.63, 3.8) is 0 Å². The van der Waals surface area contributed by atoms with Crippen molar-refractivity contribution in [2.24, 2.45) is 0 Å². The van der Waals surface area contributed by atoms with Gasteiger partial charge in [-0.2, -0.15) is 0 Å². The molecule has 2 heterocycles. The number of fused-ring (bicyclic) bond motifs is 1. The third kappa shape index (κ3) is 1.46. The number of halogens is 1. The highest BCUT2D eigenvalue weighted by atomic mass is 19.1. The number of hydrogen-bond acceptors (Lipinski definition) is 4. The number of anilines is 2. The molecule has 0 aliphatic carbocycles. The van der Waals surface area contributed by atoms with Crippen molar-refractivity contribution < 1.29 is 13.7 Å². The van der Waals surface area contributed by atoms with Gasteiger partial charge in [0.05, 0.1) is 12.1 Å². The van der Waals surface area contributed by atoms with Crippen LogP contribution in [-0.2, 0) is 11.2 Å². The van der Waals surface area contributed by atoms with Crippen LogP contribution in [-0.4, -0.2) is 18.1 Å². The number of amides is 1. The normalized spacial score (nSPS) is 14.1. The Hall–Kier alpha value is -2.37. The molecule has 18 heavy (non-hydrogen) atoms. The maximum Gasteiger partial charge on any atom is 0.231 e. The smallest absolute Gasteiger partial charge is 0.231 e. The molecule has 1 aliphatic heterocycles. The van der Waals surface area contributed by atoms with E-state index in [1.54, 1.807) is 13.1 Å². The van der Waals surface area contributed by atoms with Gasteiger partial charge in [-0.05, 0) is 17.7 Å². The first kappa shape index (κ1) is 10.8. The first-order valence-corrected chi connectivity index (χ1v) is 5.38. The van der Waals surface area contributed by atoms with E-state index >= 15 is 0 Å². The number of nitrogens with two attached hydrogens (primary N) is 1. The number of likely N-dealkylation sites (N-methyl/N-ethyl adjacent to an activating group) is 1. The van der Waals surface area contributed by atoms with E-state index in [-0.39, 0.29) is 18.2 Å². The average molecular weight is 247 g/mol. The highest BCUT2D eigenvalue weighted by molar-refractivity contribution is 6.01. The summed E-state index contributed by atoms with van der Waals surface area (Å²) >= 11 is 0. The van der Waals surface area contributed by atoms with Crippen LogP contribution in [0.3, 0.4) is 0 Å². The van der Waals surface area contributed by atoms with Crippen molar-refractivity contribution in [1.82, 2.24) is 5.16 Å². The molecule has 1 aromatic heterocycles. The van der Waals surface area contributed by atoms with Gasteiger partial charge in [-0.1, -0.05) is 5.16 Å². The number of nitrogen functional groups attached to an aromatic ring is 1. The second kappa shape index (κ2) is 3.56. The molecule has 2 N–H and O–H groups in total. The summed E-state index contributed by atoms with van der Waals surface area (Å²) in [6.45, 7) is 0. The molecule has 1 aromatic carbocycles. The van der Waals surface area contributed by atoms with Gasteiger partial charge in [0, 0.05) is 18.7 Å². The molecule has 0 unspecified atom stereocenters. The minimum atomic E-state index is -0.447. The lowest BCUT2D eigenvalue weighted by atomic mass is 10.1. The fourth-order valence-electron chi connectivity index (χ4n) is 2.15. The van der Waals surface area contributed by atoms with Crippen LogP contribution in [0.5, 0.6) is 0 Å². The van der Waals surface area contributed by atoms with E-state index in [1.807, 2.05) is 0 Å². The highest BCUT2D eigenvalue weighted by Crippen LogP contribution is 2.34. The summed E-state index contributed by atoms with van der Waals surface area (Å²) in [6.07, 6.45) is 0.198. The second-order valence-electron chi connectivity index (χ2n) is 4.21. The fraction of sp³-hybridized carbons (Fsp3) is 0.167. The molecule has 0 spiro atoms. The monoisotopic (exact) mass is 247 g/mol. The highest BCUT2D eigenvalue weighted by Gasteiger charge is 2.28. The molecule has 0 atom stereocenters. The van der Waals surface area contributed by atoms with E-state index < -0.39 is 5.82 Å². The van der Waals surface area contributed by atoms with Crippen molar-refractivity contribution >= 4 is 17.5 Å². The minimum absolute atomic E-state index is 0.124. The molecule has 0 saturated carbocycles. The summed E-state index contributed by atoms with van der Waals surface area (Å²) in [6, 6.07) is 4.57. The first-order chi connectivity index (χ1) is 8.56. The lowest BCUT2D eigenvalue weighted by Gasteiger charge is -2.11. The lowest BCUT2D eigenvalue weighted by molar-refractivity contribution is -0.117. The van der Waals surface area contributed by atoms with Crippen molar-refractivity contribution in [1.29, 1.82) is 0 Å². The average Bonchev–Trinajstić information content (AvgIpc) is 2.85. The van der Waals surface area contributed by atoms with Gasteiger partial charge >= 0.3 is 0 Å². The van der Waals surface area contributed by atoms with Gasteiger partial charge in [0.2, 0.25) is 11.8 Å². The Morgan fingerprint density at radius 2 is 2.22 bits per heavy atom. The number of aromatic nitrogens is 1. The van der Waals surface area contributed by atoms with E-state index in [4.69, 9.17) is 10.3 Å². The Morgan fingerprint density at radius 1 is 1.44 bits per heavy atom. The van der Waals surface area contributed by atoms with Gasteiger partial charge in [0.1, 0.15) is 11.5 Å². The third-order valence-electron chi connectivity index (χ3n) is 3.02. The largest absolute Gasteiger partial charge is 0.368 e. The third-order valence-corrected chi connectivity index (χ3v) is 3.02. The molecule has 6 heteroatoms. The van der Waals surface area contributed by atoms with Crippen molar-refractivity contribution in [2.45, 2.75) is 6.42 Å². The second-order valence-corrected chi connectivity index (χ2v) is 4.21. The molecule has 1 amide bonds. The Kier molecular flexibility index (Phi) is 2.13. The van der Waals surface area contributed by atoms with Crippen molar-refractivity contribution in [2.75, 3.05) is 17.7 Å². The molecular weight excluding hydrogens is 237 g/mol. The number of carbonyl (C=O) groups is 1. The van der Waals surface area contributed by atoms with Crippen molar-refractivity contribution in [3.8, 4) is 11.3 Å². The maximum absolute atomic E-state index is 14.0. The van der Waals surface area contributed by atoms with Crippen LogP contribution in [0, 0.1) is 5.82 Å². The molecule has 5 nitrogen and oxygen atoms in total. The standard InChI is InChI=1S/C12H10FN3O2/c1-16-11(17)4-7-2-6(3-8(13)12(7)16)9-5-10(14)18-15-9/h2-3,5H,4,14H2,1H3. The van der Waals surface area contributed by atoms with Crippen LogP contribution in [0.15, 0.2) is 22.7 Å². The summed E-state index contributed by atoms with van der Waals surface area (Å²) < 4.78 is 18.7. The summed E-state index contributed by atoms with van der Waals surface area (Å²) in [5.41, 5.74) is 7.42. The Balaban J connectivity index is 2.14.